The van der Waals surface area contributed by atoms with Gasteiger partial charge in [0.15, 0.2) is 0 Å². The van der Waals surface area contributed by atoms with E-state index in [-0.39, 0.29) is 5.91 Å². The molecule has 1 N–H and O–H groups in total. The van der Waals surface area contributed by atoms with Crippen LogP contribution in [0.25, 0.3) is 0 Å². The molecule has 6 heteroatoms. The Morgan fingerprint density at radius 3 is 2.72 bits per heavy atom. The molecular formula is C12H12Br2N2OS. The first-order valence-electron chi connectivity index (χ1n) is 5.47. The molecule has 2 heterocycles. The second-order valence-electron chi connectivity index (χ2n) is 3.76. The summed E-state index contributed by atoms with van der Waals surface area (Å²) in [6.45, 7) is 3.31. The molecule has 0 bridgehead atoms. The number of aromatic nitrogens is 1. The van der Waals surface area contributed by atoms with Gasteiger partial charge >= 0.3 is 0 Å². The van der Waals surface area contributed by atoms with E-state index in [4.69, 9.17) is 0 Å². The third kappa shape index (κ3) is 3.24. The molecule has 0 aliphatic heterocycles. The minimum Gasteiger partial charge on any atom is -0.356 e. The van der Waals surface area contributed by atoms with Crippen LogP contribution in [0.5, 0.6) is 0 Å². The molecule has 3 nitrogen and oxygen atoms in total. The number of rotatable bonds is 4. The molecule has 0 saturated heterocycles. The topological polar surface area (TPSA) is 36.1 Å². The van der Waals surface area contributed by atoms with Crippen molar-refractivity contribution >= 4 is 49.1 Å². The van der Waals surface area contributed by atoms with Crippen molar-refractivity contribution in [3.05, 3.63) is 43.2 Å². The molecule has 0 saturated carbocycles. The van der Waals surface area contributed by atoms with E-state index >= 15 is 0 Å². The van der Waals surface area contributed by atoms with Gasteiger partial charge in [0.05, 0.1) is 10.3 Å². The second-order valence-corrected chi connectivity index (χ2v) is 7.22. The van der Waals surface area contributed by atoms with Gasteiger partial charge in [-0.1, -0.05) is 0 Å². The summed E-state index contributed by atoms with van der Waals surface area (Å²) in [4.78, 5) is 18.2. The summed E-state index contributed by atoms with van der Waals surface area (Å²) in [5, 5.41) is 0. The van der Waals surface area contributed by atoms with E-state index in [9.17, 15) is 4.79 Å². The monoisotopic (exact) mass is 390 g/mol. The number of carbonyl (C=O) groups excluding carboxylic acids is 1. The summed E-state index contributed by atoms with van der Waals surface area (Å²) in [7, 11) is 0. The quantitative estimate of drug-likeness (QED) is 0.830. The highest BCUT2D eigenvalue weighted by Gasteiger charge is 2.16. The highest BCUT2D eigenvalue weighted by Crippen LogP contribution is 2.24. The van der Waals surface area contributed by atoms with Crippen LogP contribution in [0.3, 0.4) is 0 Å². The Morgan fingerprint density at radius 1 is 1.44 bits per heavy atom. The van der Waals surface area contributed by atoms with E-state index in [0.717, 1.165) is 8.26 Å². The van der Waals surface area contributed by atoms with Crippen molar-refractivity contribution in [2.24, 2.45) is 0 Å². The first-order valence-corrected chi connectivity index (χ1v) is 7.87. The van der Waals surface area contributed by atoms with Crippen molar-refractivity contribution in [3.8, 4) is 0 Å². The third-order valence-corrected chi connectivity index (χ3v) is 4.59. The molecular weight excluding hydrogens is 380 g/mol. The Hall–Kier alpha value is -0.590. The van der Waals surface area contributed by atoms with Crippen LogP contribution in [0.1, 0.15) is 22.3 Å². The Kier molecular flexibility index (Phi) is 4.64. The largest absolute Gasteiger partial charge is 0.356 e. The average Bonchev–Trinajstić information content (AvgIpc) is 2.94. The molecule has 0 atom stereocenters. The summed E-state index contributed by atoms with van der Waals surface area (Å²) in [6.07, 6.45) is 1.77. The third-order valence-electron chi connectivity index (χ3n) is 2.52. The van der Waals surface area contributed by atoms with E-state index < -0.39 is 0 Å². The number of nitrogens with zero attached hydrogens (tertiary/aromatic N) is 1. The standard InChI is InChI=1S/C12H12Br2N2OS/c1-2-16(7-9-3-4-11(14)18-9)12(17)10-5-8(13)6-15-10/h3-6,15H,2,7H2,1H3. The first-order chi connectivity index (χ1) is 8.60. The molecule has 2 aromatic rings. The number of amides is 1. The van der Waals surface area contributed by atoms with Gasteiger partial charge in [-0.05, 0) is 57.0 Å². The number of halogens is 2. The minimum atomic E-state index is 0.0210. The van der Waals surface area contributed by atoms with Gasteiger partial charge in [-0.3, -0.25) is 4.79 Å². The molecule has 96 valence electrons. The molecule has 2 aromatic heterocycles. The van der Waals surface area contributed by atoms with Crippen molar-refractivity contribution in [1.82, 2.24) is 9.88 Å². The van der Waals surface area contributed by atoms with Gasteiger partial charge in [0.25, 0.3) is 5.91 Å². The smallest absolute Gasteiger partial charge is 0.270 e. The van der Waals surface area contributed by atoms with Crippen molar-refractivity contribution in [3.63, 3.8) is 0 Å². The van der Waals surface area contributed by atoms with Gasteiger partial charge in [-0.2, -0.15) is 0 Å². The number of thiophene rings is 1. The Balaban J connectivity index is 2.11. The number of aromatic amines is 1. The maximum atomic E-state index is 12.3. The molecule has 2 rings (SSSR count). The number of carbonyl (C=O) groups is 1. The SMILES string of the molecule is CCN(Cc1ccc(Br)s1)C(=O)c1cc(Br)c[nH]1. The maximum Gasteiger partial charge on any atom is 0.270 e. The van der Waals surface area contributed by atoms with Crippen molar-refractivity contribution in [2.75, 3.05) is 6.54 Å². The number of nitrogens with one attached hydrogen (secondary N) is 1. The second kappa shape index (κ2) is 6.04. The molecule has 18 heavy (non-hydrogen) atoms. The first kappa shape index (κ1) is 13.8. The molecule has 0 radical (unpaired) electrons. The summed E-state index contributed by atoms with van der Waals surface area (Å²) in [5.74, 6) is 0.0210. The van der Waals surface area contributed by atoms with Gasteiger partial charge in [-0.15, -0.1) is 11.3 Å². The summed E-state index contributed by atoms with van der Waals surface area (Å²) < 4.78 is 1.98. The van der Waals surface area contributed by atoms with Crippen molar-refractivity contribution < 1.29 is 4.79 Å². The summed E-state index contributed by atoms with van der Waals surface area (Å²) in [5.41, 5.74) is 0.611. The van der Waals surface area contributed by atoms with Crippen molar-refractivity contribution in [2.45, 2.75) is 13.5 Å². The van der Waals surface area contributed by atoms with Crippen LogP contribution in [-0.4, -0.2) is 22.3 Å². The van der Waals surface area contributed by atoms with E-state index in [1.807, 2.05) is 24.0 Å². The fourth-order valence-corrected chi connectivity index (χ4v) is 3.46. The summed E-state index contributed by atoms with van der Waals surface area (Å²) in [6, 6.07) is 5.84. The zero-order chi connectivity index (χ0) is 13.1. The lowest BCUT2D eigenvalue weighted by Crippen LogP contribution is -2.30. The summed E-state index contributed by atoms with van der Waals surface area (Å²) >= 11 is 8.42. The molecule has 1 amide bonds. The lowest BCUT2D eigenvalue weighted by molar-refractivity contribution is 0.0749. The van der Waals surface area contributed by atoms with Gasteiger partial charge in [0.2, 0.25) is 0 Å². The number of hydrogen-bond acceptors (Lipinski definition) is 2. The predicted octanol–water partition coefficient (Wildman–Crippen LogP) is 4.26. The van der Waals surface area contributed by atoms with E-state index in [1.165, 1.54) is 4.88 Å². The maximum absolute atomic E-state index is 12.3. The van der Waals surface area contributed by atoms with E-state index in [0.29, 0.717) is 18.8 Å². The molecule has 0 fully saturated rings. The van der Waals surface area contributed by atoms with Crippen LogP contribution >= 0.6 is 43.2 Å². The van der Waals surface area contributed by atoms with Crippen molar-refractivity contribution in [1.29, 1.82) is 0 Å². The molecule has 0 aromatic carbocycles. The molecule has 0 aliphatic rings. The fourth-order valence-electron chi connectivity index (χ4n) is 1.61. The van der Waals surface area contributed by atoms with E-state index in [2.05, 4.69) is 36.8 Å². The highest BCUT2D eigenvalue weighted by molar-refractivity contribution is 9.11. The van der Waals surface area contributed by atoms with Gasteiger partial charge in [0, 0.05) is 22.1 Å². The average molecular weight is 392 g/mol. The lowest BCUT2D eigenvalue weighted by Gasteiger charge is -2.19. The van der Waals surface area contributed by atoms with Crippen LogP contribution in [0.15, 0.2) is 32.7 Å². The zero-order valence-corrected chi connectivity index (χ0v) is 13.7. The van der Waals surface area contributed by atoms with Crippen LogP contribution < -0.4 is 0 Å². The molecule has 0 spiro atoms. The zero-order valence-electron chi connectivity index (χ0n) is 9.74. The lowest BCUT2D eigenvalue weighted by atomic mass is 10.3. The number of hydrogen-bond donors (Lipinski definition) is 1. The normalized spacial score (nSPS) is 10.6. The van der Waals surface area contributed by atoms with Crippen LogP contribution in [-0.2, 0) is 6.54 Å². The highest BCUT2D eigenvalue weighted by atomic mass is 79.9. The molecule has 0 unspecified atom stereocenters. The van der Waals surface area contributed by atoms with Gasteiger partial charge in [-0.25, -0.2) is 0 Å². The Bertz CT molecular complexity index is 550. The Morgan fingerprint density at radius 2 is 2.22 bits per heavy atom. The Labute approximate surface area is 126 Å². The predicted molar refractivity (Wildman–Crippen MR) is 80.9 cm³/mol. The number of H-pyrrole nitrogens is 1. The van der Waals surface area contributed by atoms with E-state index in [1.54, 1.807) is 23.6 Å². The van der Waals surface area contributed by atoms with Crippen LogP contribution in [0.4, 0.5) is 0 Å². The fraction of sp³-hybridized carbons (Fsp3) is 0.250. The molecule has 0 aliphatic carbocycles. The van der Waals surface area contributed by atoms with Crippen LogP contribution in [0, 0.1) is 0 Å². The van der Waals surface area contributed by atoms with Crippen LogP contribution in [0.2, 0.25) is 0 Å². The van der Waals surface area contributed by atoms with Gasteiger partial charge in [0.1, 0.15) is 5.69 Å². The minimum absolute atomic E-state index is 0.0210. The van der Waals surface area contributed by atoms with Gasteiger partial charge < -0.3 is 9.88 Å².